The fourth-order valence-electron chi connectivity index (χ4n) is 1.95. The Bertz CT molecular complexity index is 575. The lowest BCUT2D eigenvalue weighted by atomic mass is 9.99. The van der Waals surface area contributed by atoms with Crippen LogP contribution in [-0.4, -0.2) is 0 Å². The number of rotatable bonds is 4. The Hall–Kier alpha value is -1.30. The van der Waals surface area contributed by atoms with Crippen molar-refractivity contribution in [3.8, 4) is 0 Å². The summed E-state index contributed by atoms with van der Waals surface area (Å²) >= 11 is 3.20. The van der Waals surface area contributed by atoms with Crippen LogP contribution in [0.4, 0.5) is 8.78 Å². The highest BCUT2D eigenvalue weighted by atomic mass is 79.9. The van der Waals surface area contributed by atoms with Crippen LogP contribution < -0.4 is 11.3 Å². The van der Waals surface area contributed by atoms with Crippen LogP contribution >= 0.6 is 15.9 Å². The molecule has 2 aromatic rings. The quantitative estimate of drug-likeness (QED) is 0.667. The van der Waals surface area contributed by atoms with Gasteiger partial charge in [0.25, 0.3) is 0 Å². The highest BCUT2D eigenvalue weighted by Gasteiger charge is 2.16. The van der Waals surface area contributed by atoms with Crippen molar-refractivity contribution in [3.05, 3.63) is 69.7 Å². The SMILES string of the molecule is NNC(Cc1cccc(F)c1)c1cccc(F)c1Br. The molecule has 0 aromatic heterocycles. The predicted octanol–water partition coefficient (Wildman–Crippen LogP) is 3.47. The smallest absolute Gasteiger partial charge is 0.137 e. The van der Waals surface area contributed by atoms with Gasteiger partial charge in [-0.15, -0.1) is 0 Å². The molecule has 0 spiro atoms. The number of benzene rings is 2. The van der Waals surface area contributed by atoms with Crippen molar-refractivity contribution >= 4 is 15.9 Å². The summed E-state index contributed by atoms with van der Waals surface area (Å²) in [7, 11) is 0. The third kappa shape index (κ3) is 3.37. The zero-order valence-corrected chi connectivity index (χ0v) is 11.6. The summed E-state index contributed by atoms with van der Waals surface area (Å²) in [5, 5.41) is 0. The lowest BCUT2D eigenvalue weighted by molar-refractivity contribution is 0.538. The average molecular weight is 327 g/mol. The minimum Gasteiger partial charge on any atom is -0.271 e. The Kier molecular flexibility index (Phi) is 4.63. The van der Waals surface area contributed by atoms with Gasteiger partial charge in [0.05, 0.1) is 10.5 Å². The highest BCUT2D eigenvalue weighted by molar-refractivity contribution is 9.10. The summed E-state index contributed by atoms with van der Waals surface area (Å²) in [5.74, 6) is 4.87. The maximum absolute atomic E-state index is 13.5. The molecular weight excluding hydrogens is 314 g/mol. The summed E-state index contributed by atoms with van der Waals surface area (Å²) < 4.78 is 27.0. The second-order valence-corrected chi connectivity index (χ2v) is 4.99. The van der Waals surface area contributed by atoms with E-state index < -0.39 is 0 Å². The Morgan fingerprint density at radius 2 is 1.89 bits per heavy atom. The second-order valence-electron chi connectivity index (χ2n) is 4.20. The highest BCUT2D eigenvalue weighted by Crippen LogP contribution is 2.28. The van der Waals surface area contributed by atoms with Gasteiger partial charge >= 0.3 is 0 Å². The molecule has 100 valence electrons. The minimum atomic E-state index is -0.350. The van der Waals surface area contributed by atoms with Crippen molar-refractivity contribution in [2.75, 3.05) is 0 Å². The van der Waals surface area contributed by atoms with Crippen LogP contribution in [0.5, 0.6) is 0 Å². The number of nitrogens with one attached hydrogen (secondary N) is 1. The molecule has 5 heteroatoms. The molecule has 0 aliphatic carbocycles. The molecular formula is C14H13BrF2N2. The standard InChI is InChI=1S/C14H13BrF2N2/c15-14-11(5-2-6-12(14)17)13(19-18)8-9-3-1-4-10(16)7-9/h1-7,13,19H,8,18H2. The van der Waals surface area contributed by atoms with Gasteiger partial charge in [-0.3, -0.25) is 11.3 Å². The van der Waals surface area contributed by atoms with Gasteiger partial charge in [-0.25, -0.2) is 8.78 Å². The number of nitrogens with two attached hydrogens (primary N) is 1. The van der Waals surface area contributed by atoms with E-state index in [4.69, 9.17) is 5.84 Å². The maximum Gasteiger partial charge on any atom is 0.137 e. The van der Waals surface area contributed by atoms with Crippen molar-refractivity contribution < 1.29 is 8.78 Å². The van der Waals surface area contributed by atoms with Crippen LogP contribution in [0.1, 0.15) is 17.2 Å². The van der Waals surface area contributed by atoms with Crippen LogP contribution in [0.25, 0.3) is 0 Å². The largest absolute Gasteiger partial charge is 0.271 e. The first kappa shape index (κ1) is 14.1. The van der Waals surface area contributed by atoms with Gasteiger partial charge in [-0.2, -0.15) is 0 Å². The number of hydrogen-bond acceptors (Lipinski definition) is 2. The van der Waals surface area contributed by atoms with E-state index in [-0.39, 0.29) is 17.7 Å². The van der Waals surface area contributed by atoms with Crippen molar-refractivity contribution in [3.63, 3.8) is 0 Å². The summed E-state index contributed by atoms with van der Waals surface area (Å²) in [6, 6.07) is 10.7. The molecule has 0 saturated carbocycles. The van der Waals surface area contributed by atoms with E-state index in [1.54, 1.807) is 24.3 Å². The zero-order chi connectivity index (χ0) is 13.8. The van der Waals surface area contributed by atoms with Gasteiger partial charge in [0.1, 0.15) is 11.6 Å². The third-order valence-electron chi connectivity index (χ3n) is 2.89. The van der Waals surface area contributed by atoms with Gasteiger partial charge in [0.15, 0.2) is 0 Å². The van der Waals surface area contributed by atoms with E-state index in [0.717, 1.165) is 5.56 Å². The van der Waals surface area contributed by atoms with E-state index in [9.17, 15) is 8.78 Å². The summed E-state index contributed by atoms with van der Waals surface area (Å²) in [5.41, 5.74) is 4.13. The second kappa shape index (κ2) is 6.23. The van der Waals surface area contributed by atoms with Crippen LogP contribution in [0.2, 0.25) is 0 Å². The fourth-order valence-corrected chi connectivity index (χ4v) is 2.49. The van der Waals surface area contributed by atoms with E-state index >= 15 is 0 Å². The first-order valence-electron chi connectivity index (χ1n) is 5.76. The third-order valence-corrected chi connectivity index (χ3v) is 3.72. The first-order valence-corrected chi connectivity index (χ1v) is 6.55. The van der Waals surface area contributed by atoms with E-state index in [1.807, 2.05) is 0 Å². The van der Waals surface area contributed by atoms with Crippen LogP contribution in [0.15, 0.2) is 46.9 Å². The van der Waals surface area contributed by atoms with Gasteiger partial charge in [-0.05, 0) is 51.7 Å². The van der Waals surface area contributed by atoms with Crippen molar-refractivity contribution in [2.24, 2.45) is 5.84 Å². The molecule has 0 amide bonds. The summed E-state index contributed by atoms with van der Waals surface area (Å²) in [6.07, 6.45) is 0.469. The van der Waals surface area contributed by atoms with Gasteiger partial charge in [0.2, 0.25) is 0 Å². The molecule has 0 saturated heterocycles. The monoisotopic (exact) mass is 326 g/mol. The Morgan fingerprint density at radius 1 is 1.16 bits per heavy atom. The van der Waals surface area contributed by atoms with Gasteiger partial charge in [-0.1, -0.05) is 24.3 Å². The topological polar surface area (TPSA) is 38.0 Å². The van der Waals surface area contributed by atoms with Crippen molar-refractivity contribution in [2.45, 2.75) is 12.5 Å². The zero-order valence-electron chi connectivity index (χ0n) is 10.0. The summed E-state index contributed by atoms with van der Waals surface area (Å²) in [6.45, 7) is 0. The Labute approximate surface area is 118 Å². The maximum atomic E-state index is 13.5. The Morgan fingerprint density at radius 3 is 2.58 bits per heavy atom. The lowest BCUT2D eigenvalue weighted by Gasteiger charge is -2.18. The molecule has 2 nitrogen and oxygen atoms in total. The fraction of sp³-hybridized carbons (Fsp3) is 0.143. The van der Waals surface area contributed by atoms with Crippen LogP contribution in [0.3, 0.4) is 0 Å². The predicted molar refractivity (Wildman–Crippen MR) is 74.3 cm³/mol. The molecule has 0 fully saturated rings. The number of halogens is 3. The molecule has 0 aliphatic heterocycles. The molecule has 1 atom stereocenters. The molecule has 3 N–H and O–H groups in total. The first-order chi connectivity index (χ1) is 9.11. The van der Waals surface area contributed by atoms with E-state index in [1.165, 1.54) is 18.2 Å². The van der Waals surface area contributed by atoms with Crippen LogP contribution in [0, 0.1) is 11.6 Å². The molecule has 0 bridgehead atoms. The number of hydrazine groups is 1. The van der Waals surface area contributed by atoms with Gasteiger partial charge in [0, 0.05) is 0 Å². The Balaban J connectivity index is 2.28. The average Bonchev–Trinajstić information content (AvgIpc) is 2.40. The van der Waals surface area contributed by atoms with E-state index in [0.29, 0.717) is 16.5 Å². The van der Waals surface area contributed by atoms with E-state index in [2.05, 4.69) is 21.4 Å². The van der Waals surface area contributed by atoms with Gasteiger partial charge < -0.3 is 0 Å². The molecule has 19 heavy (non-hydrogen) atoms. The lowest BCUT2D eigenvalue weighted by Crippen LogP contribution is -2.30. The number of hydrogen-bond donors (Lipinski definition) is 2. The normalized spacial score (nSPS) is 12.4. The molecule has 0 aliphatic rings. The summed E-state index contributed by atoms with van der Waals surface area (Å²) in [4.78, 5) is 0. The molecule has 0 radical (unpaired) electrons. The molecule has 1 unspecified atom stereocenters. The molecule has 0 heterocycles. The van der Waals surface area contributed by atoms with Crippen molar-refractivity contribution in [1.29, 1.82) is 0 Å². The molecule has 2 rings (SSSR count). The molecule has 2 aromatic carbocycles. The minimum absolute atomic E-state index is 0.299. The van der Waals surface area contributed by atoms with Crippen LogP contribution in [-0.2, 0) is 6.42 Å². The van der Waals surface area contributed by atoms with Crippen molar-refractivity contribution in [1.82, 2.24) is 5.43 Å².